The minimum absolute atomic E-state index is 0.201. The van der Waals surface area contributed by atoms with Gasteiger partial charge in [0, 0.05) is 12.5 Å². The molecule has 3 nitrogen and oxygen atoms in total. The molecule has 0 aromatic heterocycles. The van der Waals surface area contributed by atoms with Crippen LogP contribution in [0.2, 0.25) is 0 Å². The first-order chi connectivity index (χ1) is 4.59. The second-order valence-corrected chi connectivity index (χ2v) is 2.21. The Morgan fingerprint density at radius 2 is 2.40 bits per heavy atom. The highest BCUT2D eigenvalue weighted by molar-refractivity contribution is 5.71. The molecule has 0 radical (unpaired) electrons. The largest absolute Gasteiger partial charge is 0.481 e. The van der Waals surface area contributed by atoms with Crippen molar-refractivity contribution < 1.29 is 9.90 Å². The quantitative estimate of drug-likeness (QED) is 0.546. The lowest BCUT2D eigenvalue weighted by molar-refractivity contribution is -0.142. The van der Waals surface area contributed by atoms with Crippen molar-refractivity contribution in [3.8, 4) is 12.3 Å². The maximum absolute atomic E-state index is 10.4. The average molecular weight is 141 g/mol. The molecule has 3 heteroatoms. The second kappa shape index (κ2) is 3.91. The number of hydrogen-bond donors (Lipinski definition) is 2. The van der Waals surface area contributed by atoms with Gasteiger partial charge in [-0.25, -0.2) is 0 Å². The zero-order valence-corrected chi connectivity index (χ0v) is 5.87. The van der Waals surface area contributed by atoms with Crippen molar-refractivity contribution >= 4 is 5.97 Å². The van der Waals surface area contributed by atoms with E-state index in [0.717, 1.165) is 0 Å². The van der Waals surface area contributed by atoms with E-state index in [-0.39, 0.29) is 12.5 Å². The minimum Gasteiger partial charge on any atom is -0.481 e. The summed E-state index contributed by atoms with van der Waals surface area (Å²) in [7, 11) is 0. The lowest BCUT2D eigenvalue weighted by Crippen LogP contribution is -2.32. The zero-order valence-electron chi connectivity index (χ0n) is 5.87. The number of terminal acetylenes is 1. The van der Waals surface area contributed by atoms with Gasteiger partial charge in [0.1, 0.15) is 0 Å². The molecule has 56 valence electrons. The lowest BCUT2D eigenvalue weighted by Gasteiger charge is -2.11. The highest BCUT2D eigenvalue weighted by atomic mass is 16.4. The summed E-state index contributed by atoms with van der Waals surface area (Å²) in [6.45, 7) is 1.64. The number of aliphatic carboxylic acids is 1. The summed E-state index contributed by atoms with van der Waals surface area (Å²) < 4.78 is 0. The SMILES string of the molecule is C#CCC(C(=O)O)[C@@H](C)N. The number of carboxylic acids is 1. The fourth-order valence-corrected chi connectivity index (χ4v) is 0.625. The van der Waals surface area contributed by atoms with Crippen molar-refractivity contribution in [3.05, 3.63) is 0 Å². The Labute approximate surface area is 60.2 Å². The summed E-state index contributed by atoms with van der Waals surface area (Å²) in [6, 6.07) is -0.381. The standard InChI is InChI=1S/C7H11NO2/c1-3-4-6(5(2)8)7(9)10/h1,5-6H,4,8H2,2H3,(H,9,10)/t5-,6?/m1/s1. The van der Waals surface area contributed by atoms with E-state index >= 15 is 0 Å². The highest BCUT2D eigenvalue weighted by Gasteiger charge is 2.19. The highest BCUT2D eigenvalue weighted by Crippen LogP contribution is 2.05. The Morgan fingerprint density at radius 3 is 2.50 bits per heavy atom. The molecular formula is C7H11NO2. The van der Waals surface area contributed by atoms with Gasteiger partial charge in [0.05, 0.1) is 5.92 Å². The van der Waals surface area contributed by atoms with Crippen LogP contribution in [0.4, 0.5) is 0 Å². The fraction of sp³-hybridized carbons (Fsp3) is 0.571. The number of carbonyl (C=O) groups is 1. The van der Waals surface area contributed by atoms with Gasteiger partial charge in [-0.1, -0.05) is 0 Å². The van der Waals surface area contributed by atoms with E-state index in [2.05, 4.69) is 5.92 Å². The molecule has 0 aliphatic rings. The molecule has 0 saturated carbocycles. The third kappa shape index (κ3) is 2.51. The Bertz CT molecular complexity index is 157. The first-order valence-corrected chi connectivity index (χ1v) is 3.01. The summed E-state index contributed by atoms with van der Waals surface area (Å²) in [5, 5.41) is 8.50. The fourth-order valence-electron chi connectivity index (χ4n) is 0.625. The lowest BCUT2D eigenvalue weighted by atomic mass is 9.99. The van der Waals surface area contributed by atoms with Gasteiger partial charge in [0.15, 0.2) is 0 Å². The molecule has 0 spiro atoms. The van der Waals surface area contributed by atoms with Crippen molar-refractivity contribution in [1.29, 1.82) is 0 Å². The van der Waals surface area contributed by atoms with E-state index in [1.54, 1.807) is 6.92 Å². The molecule has 0 fully saturated rings. The van der Waals surface area contributed by atoms with Crippen molar-refractivity contribution in [2.24, 2.45) is 11.7 Å². The molecule has 0 aliphatic carbocycles. The van der Waals surface area contributed by atoms with Gasteiger partial charge >= 0.3 is 5.97 Å². The number of hydrogen-bond acceptors (Lipinski definition) is 2. The van der Waals surface area contributed by atoms with Gasteiger partial charge in [-0.05, 0) is 6.92 Å². The molecule has 10 heavy (non-hydrogen) atoms. The first-order valence-electron chi connectivity index (χ1n) is 3.01. The third-order valence-corrected chi connectivity index (χ3v) is 1.29. The van der Waals surface area contributed by atoms with Gasteiger partial charge < -0.3 is 10.8 Å². The van der Waals surface area contributed by atoms with Crippen molar-refractivity contribution in [2.45, 2.75) is 19.4 Å². The number of rotatable bonds is 3. The van der Waals surface area contributed by atoms with Crippen molar-refractivity contribution in [3.63, 3.8) is 0 Å². The monoisotopic (exact) mass is 141 g/mol. The Kier molecular flexibility index (Phi) is 3.52. The Morgan fingerprint density at radius 1 is 1.90 bits per heavy atom. The van der Waals surface area contributed by atoms with Crippen molar-refractivity contribution in [2.75, 3.05) is 0 Å². The van der Waals surface area contributed by atoms with Crippen LogP contribution < -0.4 is 5.73 Å². The van der Waals surface area contributed by atoms with Gasteiger partial charge in [0.2, 0.25) is 0 Å². The van der Waals surface area contributed by atoms with E-state index in [1.807, 2.05) is 0 Å². The molecule has 0 amide bonds. The molecule has 3 N–H and O–H groups in total. The van der Waals surface area contributed by atoms with Crippen LogP contribution in [0.25, 0.3) is 0 Å². The summed E-state index contributed by atoms with van der Waals surface area (Å²) in [5.41, 5.74) is 5.35. The minimum atomic E-state index is -0.923. The Balaban J connectivity index is 4.01. The van der Waals surface area contributed by atoms with Crippen LogP contribution in [0.3, 0.4) is 0 Å². The van der Waals surface area contributed by atoms with Crippen LogP contribution in [-0.2, 0) is 4.79 Å². The van der Waals surface area contributed by atoms with E-state index in [4.69, 9.17) is 17.3 Å². The molecule has 0 aromatic rings. The van der Waals surface area contributed by atoms with E-state index < -0.39 is 11.9 Å². The van der Waals surface area contributed by atoms with Crippen LogP contribution in [-0.4, -0.2) is 17.1 Å². The maximum Gasteiger partial charge on any atom is 0.309 e. The van der Waals surface area contributed by atoms with E-state index in [0.29, 0.717) is 0 Å². The van der Waals surface area contributed by atoms with Gasteiger partial charge in [0.25, 0.3) is 0 Å². The molecule has 1 unspecified atom stereocenters. The topological polar surface area (TPSA) is 63.3 Å². The van der Waals surface area contributed by atoms with Crippen LogP contribution in [0.15, 0.2) is 0 Å². The smallest absolute Gasteiger partial charge is 0.309 e. The molecule has 0 bridgehead atoms. The van der Waals surface area contributed by atoms with Gasteiger partial charge in [-0.2, -0.15) is 0 Å². The number of carboxylic acid groups (broad SMARTS) is 1. The van der Waals surface area contributed by atoms with Crippen LogP contribution >= 0.6 is 0 Å². The second-order valence-electron chi connectivity index (χ2n) is 2.21. The first kappa shape index (κ1) is 8.99. The summed E-state index contributed by atoms with van der Waals surface area (Å²) >= 11 is 0. The van der Waals surface area contributed by atoms with E-state index in [1.165, 1.54) is 0 Å². The predicted molar refractivity (Wildman–Crippen MR) is 38.2 cm³/mol. The van der Waals surface area contributed by atoms with Crippen LogP contribution in [0, 0.1) is 18.3 Å². The molecule has 0 aromatic carbocycles. The number of nitrogens with two attached hydrogens (primary N) is 1. The Hall–Kier alpha value is -1.01. The predicted octanol–water partition coefficient (Wildman–Crippen LogP) is 0.0577. The summed E-state index contributed by atoms with van der Waals surface area (Å²) in [4.78, 5) is 10.4. The van der Waals surface area contributed by atoms with Crippen LogP contribution in [0.1, 0.15) is 13.3 Å². The maximum atomic E-state index is 10.4. The van der Waals surface area contributed by atoms with Gasteiger partial charge in [-0.3, -0.25) is 4.79 Å². The molecule has 0 rings (SSSR count). The summed E-state index contributed by atoms with van der Waals surface area (Å²) in [5.74, 6) is 0.740. The third-order valence-electron chi connectivity index (χ3n) is 1.29. The molecular weight excluding hydrogens is 130 g/mol. The van der Waals surface area contributed by atoms with Gasteiger partial charge in [-0.15, -0.1) is 12.3 Å². The molecule has 0 aliphatic heterocycles. The van der Waals surface area contributed by atoms with E-state index in [9.17, 15) is 4.79 Å². The normalized spacial score (nSPS) is 15.3. The van der Waals surface area contributed by atoms with Crippen molar-refractivity contribution in [1.82, 2.24) is 0 Å². The zero-order chi connectivity index (χ0) is 8.15. The molecule has 2 atom stereocenters. The molecule has 0 heterocycles. The summed E-state index contributed by atoms with van der Waals surface area (Å²) in [6.07, 6.45) is 5.14. The molecule has 0 saturated heterocycles. The van der Waals surface area contributed by atoms with Crippen LogP contribution in [0.5, 0.6) is 0 Å². The average Bonchev–Trinajstić information content (AvgIpc) is 1.81.